The van der Waals surface area contributed by atoms with Crippen molar-refractivity contribution in [1.82, 2.24) is 9.97 Å². The van der Waals surface area contributed by atoms with E-state index in [4.69, 9.17) is 10.5 Å². The summed E-state index contributed by atoms with van der Waals surface area (Å²) in [6.45, 7) is 0. The molecule has 0 aliphatic heterocycles. The Hall–Kier alpha value is -2.16. The molecule has 106 valence electrons. The molecule has 0 spiro atoms. The summed E-state index contributed by atoms with van der Waals surface area (Å²) in [6.07, 6.45) is 3.13. The van der Waals surface area contributed by atoms with Crippen LogP contribution in [0.3, 0.4) is 0 Å². The fourth-order valence-electron chi connectivity index (χ4n) is 1.26. The lowest BCUT2D eigenvalue weighted by molar-refractivity contribution is 1.20. The van der Waals surface area contributed by atoms with E-state index in [1.165, 1.54) is 12.3 Å². The molecule has 0 aromatic carbocycles. The van der Waals surface area contributed by atoms with Crippen molar-refractivity contribution in [3.63, 3.8) is 0 Å². The molecular formula is C13H9Br2N5O. The van der Waals surface area contributed by atoms with Crippen LogP contribution < -0.4 is 10.9 Å². The van der Waals surface area contributed by atoms with Crippen molar-refractivity contribution in [2.24, 2.45) is 0 Å². The molecule has 0 fully saturated rings. The van der Waals surface area contributed by atoms with E-state index in [0.29, 0.717) is 15.9 Å². The zero-order chi connectivity index (χ0) is 15.8. The van der Waals surface area contributed by atoms with Crippen LogP contribution in [0.4, 0.5) is 5.82 Å². The average molecular weight is 411 g/mol. The normalized spacial score (nSPS) is 8.81. The molecule has 2 N–H and O–H groups in total. The standard InChI is InChI=1S/C7H6BrN3.C6H3BrN2O/c1-10-7-5(3-9)2-6(8)4-11-7;7-5-1-4(2-8)6(10)9-3-5/h2,4H,1H3,(H,10,11);1,3H,(H,9,10). The monoisotopic (exact) mass is 409 g/mol. The van der Waals surface area contributed by atoms with Gasteiger partial charge < -0.3 is 10.3 Å². The Morgan fingerprint density at radius 3 is 2.33 bits per heavy atom. The van der Waals surface area contributed by atoms with Crippen molar-refractivity contribution in [3.05, 3.63) is 55.0 Å². The van der Waals surface area contributed by atoms with Crippen molar-refractivity contribution in [3.8, 4) is 12.1 Å². The fraction of sp³-hybridized carbons (Fsp3) is 0.0769. The van der Waals surface area contributed by atoms with E-state index in [9.17, 15) is 4.79 Å². The largest absolute Gasteiger partial charge is 0.372 e. The second-order valence-corrected chi connectivity index (χ2v) is 5.42. The van der Waals surface area contributed by atoms with Gasteiger partial charge in [0.2, 0.25) is 0 Å². The number of nitrogens with zero attached hydrogens (tertiary/aromatic N) is 3. The maximum Gasteiger partial charge on any atom is 0.265 e. The molecule has 2 heterocycles. The number of hydrogen-bond donors (Lipinski definition) is 2. The third-order valence-electron chi connectivity index (χ3n) is 2.20. The average Bonchev–Trinajstić information content (AvgIpc) is 2.50. The Morgan fingerprint density at radius 1 is 1.19 bits per heavy atom. The number of aromatic amines is 1. The van der Waals surface area contributed by atoms with Gasteiger partial charge in [0.05, 0.1) is 5.56 Å². The number of nitriles is 2. The zero-order valence-electron chi connectivity index (χ0n) is 10.8. The quantitative estimate of drug-likeness (QED) is 0.751. The molecule has 2 aromatic heterocycles. The van der Waals surface area contributed by atoms with Crippen molar-refractivity contribution in [2.45, 2.75) is 0 Å². The molecule has 0 bridgehead atoms. The molecule has 0 aliphatic carbocycles. The highest BCUT2D eigenvalue weighted by molar-refractivity contribution is 9.10. The van der Waals surface area contributed by atoms with Gasteiger partial charge in [0, 0.05) is 28.4 Å². The number of H-pyrrole nitrogens is 1. The number of aromatic nitrogens is 2. The van der Waals surface area contributed by atoms with Crippen LogP contribution in [0.1, 0.15) is 11.1 Å². The van der Waals surface area contributed by atoms with Crippen LogP contribution in [-0.2, 0) is 0 Å². The van der Waals surface area contributed by atoms with Gasteiger partial charge in [-0.2, -0.15) is 10.5 Å². The zero-order valence-corrected chi connectivity index (χ0v) is 14.0. The number of anilines is 1. The van der Waals surface area contributed by atoms with Gasteiger partial charge in [-0.05, 0) is 44.0 Å². The Morgan fingerprint density at radius 2 is 1.81 bits per heavy atom. The van der Waals surface area contributed by atoms with Gasteiger partial charge >= 0.3 is 0 Å². The maximum absolute atomic E-state index is 10.7. The number of halogens is 2. The number of hydrogen-bond acceptors (Lipinski definition) is 5. The third kappa shape index (κ3) is 5.03. The number of nitrogens with one attached hydrogen (secondary N) is 2. The van der Waals surface area contributed by atoms with Gasteiger partial charge in [-0.1, -0.05) is 0 Å². The number of pyridine rings is 2. The lowest BCUT2D eigenvalue weighted by Gasteiger charge is -2.00. The second-order valence-electron chi connectivity index (χ2n) is 3.58. The first-order valence-electron chi connectivity index (χ1n) is 5.53. The first-order valence-corrected chi connectivity index (χ1v) is 7.12. The fourth-order valence-corrected chi connectivity index (χ4v) is 1.94. The van der Waals surface area contributed by atoms with Crippen molar-refractivity contribution in [2.75, 3.05) is 12.4 Å². The van der Waals surface area contributed by atoms with Gasteiger partial charge in [-0.15, -0.1) is 0 Å². The Bertz CT molecular complexity index is 773. The van der Waals surface area contributed by atoms with E-state index in [-0.39, 0.29) is 11.1 Å². The summed E-state index contributed by atoms with van der Waals surface area (Å²) < 4.78 is 1.51. The van der Waals surface area contributed by atoms with E-state index in [0.717, 1.165) is 4.47 Å². The van der Waals surface area contributed by atoms with Crippen LogP contribution in [0.2, 0.25) is 0 Å². The molecule has 0 atom stereocenters. The summed E-state index contributed by atoms with van der Waals surface area (Å²) in [7, 11) is 1.73. The smallest absolute Gasteiger partial charge is 0.265 e. The molecule has 21 heavy (non-hydrogen) atoms. The van der Waals surface area contributed by atoms with Crippen molar-refractivity contribution < 1.29 is 0 Å². The highest BCUT2D eigenvalue weighted by Crippen LogP contribution is 2.15. The molecule has 8 heteroatoms. The maximum atomic E-state index is 10.7. The molecule has 0 saturated heterocycles. The summed E-state index contributed by atoms with van der Waals surface area (Å²) in [5.74, 6) is 0.607. The van der Waals surface area contributed by atoms with E-state index in [1.54, 1.807) is 25.4 Å². The molecule has 0 unspecified atom stereocenters. The molecule has 0 radical (unpaired) electrons. The van der Waals surface area contributed by atoms with E-state index >= 15 is 0 Å². The van der Waals surface area contributed by atoms with Crippen molar-refractivity contribution in [1.29, 1.82) is 10.5 Å². The molecule has 2 rings (SSSR count). The third-order valence-corrected chi connectivity index (χ3v) is 3.09. The highest BCUT2D eigenvalue weighted by atomic mass is 79.9. The van der Waals surface area contributed by atoms with Gasteiger partial charge in [0.15, 0.2) is 0 Å². The summed E-state index contributed by atoms with van der Waals surface area (Å²) in [5.41, 5.74) is 0.307. The van der Waals surface area contributed by atoms with Crippen LogP contribution in [0.15, 0.2) is 38.3 Å². The molecule has 2 aromatic rings. The van der Waals surface area contributed by atoms with E-state index in [2.05, 4.69) is 47.1 Å². The van der Waals surface area contributed by atoms with E-state index < -0.39 is 0 Å². The summed E-state index contributed by atoms with van der Waals surface area (Å²) in [5, 5.41) is 19.8. The predicted octanol–water partition coefficient (Wildman–Crippen LogP) is 2.77. The van der Waals surface area contributed by atoms with Crippen LogP contribution in [0, 0.1) is 22.7 Å². The Balaban J connectivity index is 0.000000211. The van der Waals surface area contributed by atoms with Gasteiger partial charge in [-0.25, -0.2) is 4.98 Å². The van der Waals surface area contributed by atoms with Crippen LogP contribution >= 0.6 is 31.9 Å². The molecule has 0 saturated carbocycles. The minimum Gasteiger partial charge on any atom is -0.372 e. The lowest BCUT2D eigenvalue weighted by Crippen LogP contribution is -2.07. The minimum atomic E-state index is -0.356. The van der Waals surface area contributed by atoms with Crippen LogP contribution in [0.5, 0.6) is 0 Å². The summed E-state index contributed by atoms with van der Waals surface area (Å²) in [6, 6.07) is 6.99. The second kappa shape index (κ2) is 8.20. The predicted molar refractivity (Wildman–Crippen MR) is 85.7 cm³/mol. The first kappa shape index (κ1) is 16.9. The molecule has 6 nitrogen and oxygen atoms in total. The van der Waals surface area contributed by atoms with Gasteiger partial charge in [-0.3, -0.25) is 4.79 Å². The Labute approximate surface area is 137 Å². The Kier molecular flexibility index (Phi) is 6.60. The molecule has 0 amide bonds. The lowest BCUT2D eigenvalue weighted by atomic mass is 10.3. The number of rotatable bonds is 1. The van der Waals surface area contributed by atoms with Crippen LogP contribution in [0.25, 0.3) is 0 Å². The van der Waals surface area contributed by atoms with Gasteiger partial charge in [0.1, 0.15) is 23.5 Å². The molecule has 0 aliphatic rings. The van der Waals surface area contributed by atoms with Crippen molar-refractivity contribution >= 4 is 37.7 Å². The minimum absolute atomic E-state index is 0.120. The first-order chi connectivity index (χ1) is 10.0. The van der Waals surface area contributed by atoms with Crippen LogP contribution in [-0.4, -0.2) is 17.0 Å². The van der Waals surface area contributed by atoms with E-state index in [1.807, 2.05) is 6.07 Å². The SMILES string of the molecule is CNc1ncc(Br)cc1C#N.N#Cc1cc(Br)c[nH]c1=O. The summed E-state index contributed by atoms with van der Waals surface area (Å²) in [4.78, 5) is 17.1. The van der Waals surface area contributed by atoms with Gasteiger partial charge in [0.25, 0.3) is 5.56 Å². The topological polar surface area (TPSA) is 105 Å². The molecular weight excluding hydrogens is 402 g/mol. The summed E-state index contributed by atoms with van der Waals surface area (Å²) >= 11 is 6.34. The highest BCUT2D eigenvalue weighted by Gasteiger charge is 2.00.